The fraction of sp³-hybridized carbons (Fsp3) is 1.00. The van der Waals surface area contributed by atoms with Gasteiger partial charge in [0.15, 0.2) is 0 Å². The molecule has 0 aromatic rings. The zero-order chi connectivity index (χ0) is 8.70. The van der Waals surface area contributed by atoms with Crippen molar-refractivity contribution in [2.45, 2.75) is 31.9 Å². The van der Waals surface area contributed by atoms with E-state index in [0.29, 0.717) is 5.04 Å². The molecule has 0 aromatic heterocycles. The fourth-order valence-electron chi connectivity index (χ4n) is 1.76. The molecule has 0 spiro atoms. The van der Waals surface area contributed by atoms with Gasteiger partial charge in [0, 0.05) is 19.3 Å². The van der Waals surface area contributed by atoms with Gasteiger partial charge in [0.25, 0.3) is 0 Å². The van der Waals surface area contributed by atoms with Crippen molar-refractivity contribution in [3.05, 3.63) is 0 Å². The van der Waals surface area contributed by atoms with Crippen molar-refractivity contribution in [3.8, 4) is 0 Å². The fourth-order valence-corrected chi connectivity index (χ4v) is 4.43. The molecule has 0 N–H and O–H groups in total. The van der Waals surface area contributed by atoms with E-state index in [0.717, 1.165) is 5.92 Å². The summed E-state index contributed by atoms with van der Waals surface area (Å²) in [5, 5.41) is 0.358. The van der Waals surface area contributed by atoms with Gasteiger partial charge in [-0.05, 0) is 18.9 Å². The Morgan fingerprint density at radius 2 is 1.73 bits per heavy atom. The van der Waals surface area contributed by atoms with E-state index in [2.05, 4.69) is 20.4 Å². The second-order valence-electron chi connectivity index (χ2n) is 3.88. The molecule has 11 heavy (non-hydrogen) atoms. The Labute approximate surface area is 70.1 Å². The standard InChI is InChI=1S/C8H18O2Si/c1-7-6-8(7,2)11(5,9-3)10-4/h7H,6H2,1-5H3. The summed E-state index contributed by atoms with van der Waals surface area (Å²) >= 11 is 0. The molecular formula is C8H18O2Si. The molecule has 1 aliphatic rings. The monoisotopic (exact) mass is 174 g/mol. The molecule has 0 radical (unpaired) electrons. The lowest BCUT2D eigenvalue weighted by Gasteiger charge is -2.30. The second kappa shape index (κ2) is 2.57. The Balaban J connectivity index is 2.70. The maximum Gasteiger partial charge on any atom is 0.340 e. The van der Waals surface area contributed by atoms with E-state index in [-0.39, 0.29) is 0 Å². The normalized spacial score (nSPS) is 37.4. The summed E-state index contributed by atoms with van der Waals surface area (Å²) in [6.07, 6.45) is 1.26. The lowest BCUT2D eigenvalue weighted by Crippen LogP contribution is -2.42. The molecule has 0 heterocycles. The van der Waals surface area contributed by atoms with Gasteiger partial charge in [-0.3, -0.25) is 0 Å². The van der Waals surface area contributed by atoms with Crippen LogP contribution in [0.4, 0.5) is 0 Å². The van der Waals surface area contributed by atoms with E-state index in [1.807, 2.05) is 0 Å². The average molecular weight is 174 g/mol. The number of hydrogen-bond acceptors (Lipinski definition) is 2. The van der Waals surface area contributed by atoms with Crippen LogP contribution in [0.25, 0.3) is 0 Å². The van der Waals surface area contributed by atoms with Gasteiger partial charge < -0.3 is 8.85 Å². The van der Waals surface area contributed by atoms with Crippen LogP contribution in [-0.2, 0) is 8.85 Å². The van der Waals surface area contributed by atoms with E-state index in [4.69, 9.17) is 8.85 Å². The SMILES string of the molecule is CO[Si](C)(OC)C1(C)CC1C. The predicted molar refractivity (Wildman–Crippen MR) is 47.8 cm³/mol. The van der Waals surface area contributed by atoms with Gasteiger partial charge >= 0.3 is 8.56 Å². The Hall–Kier alpha value is 0.137. The van der Waals surface area contributed by atoms with Crippen LogP contribution in [0.1, 0.15) is 20.3 Å². The minimum Gasteiger partial charge on any atom is -0.397 e. The predicted octanol–water partition coefficient (Wildman–Crippen LogP) is 2.15. The Morgan fingerprint density at radius 1 is 1.36 bits per heavy atom. The van der Waals surface area contributed by atoms with Gasteiger partial charge in [-0.15, -0.1) is 0 Å². The lowest BCUT2D eigenvalue weighted by molar-refractivity contribution is 0.232. The molecule has 2 unspecified atom stereocenters. The summed E-state index contributed by atoms with van der Waals surface area (Å²) in [5.41, 5.74) is 0. The van der Waals surface area contributed by atoms with Gasteiger partial charge in [0.1, 0.15) is 0 Å². The molecule has 1 saturated carbocycles. The highest BCUT2D eigenvalue weighted by atomic mass is 28.4. The summed E-state index contributed by atoms with van der Waals surface area (Å²) in [5.74, 6) is 0.777. The molecule has 0 amide bonds. The van der Waals surface area contributed by atoms with Crippen molar-refractivity contribution >= 4 is 8.56 Å². The molecule has 3 heteroatoms. The maximum atomic E-state index is 5.50. The van der Waals surface area contributed by atoms with Crippen molar-refractivity contribution in [1.82, 2.24) is 0 Å². The van der Waals surface area contributed by atoms with Crippen LogP contribution < -0.4 is 0 Å². The Morgan fingerprint density at radius 3 is 1.82 bits per heavy atom. The zero-order valence-electron chi connectivity index (χ0n) is 8.10. The Bertz CT molecular complexity index is 156. The lowest BCUT2D eigenvalue weighted by atomic mass is 10.4. The topological polar surface area (TPSA) is 18.5 Å². The summed E-state index contributed by atoms with van der Waals surface area (Å²) < 4.78 is 11.0. The smallest absolute Gasteiger partial charge is 0.340 e. The van der Waals surface area contributed by atoms with Gasteiger partial charge in [-0.1, -0.05) is 13.8 Å². The minimum atomic E-state index is -1.85. The second-order valence-corrected chi connectivity index (χ2v) is 7.73. The molecule has 1 fully saturated rings. The maximum absolute atomic E-state index is 5.50. The molecule has 66 valence electrons. The van der Waals surface area contributed by atoms with E-state index in [1.165, 1.54) is 6.42 Å². The van der Waals surface area contributed by atoms with E-state index in [9.17, 15) is 0 Å². The highest BCUT2D eigenvalue weighted by Crippen LogP contribution is 2.65. The first-order valence-electron chi connectivity index (χ1n) is 4.10. The van der Waals surface area contributed by atoms with Crippen LogP contribution in [-0.4, -0.2) is 22.8 Å². The molecule has 0 saturated heterocycles. The Kier molecular flexibility index (Phi) is 2.16. The molecule has 0 bridgehead atoms. The molecule has 2 atom stereocenters. The third-order valence-corrected chi connectivity index (χ3v) is 7.80. The summed E-state index contributed by atoms with van der Waals surface area (Å²) in [6.45, 7) is 6.69. The first-order valence-corrected chi connectivity index (χ1v) is 6.42. The van der Waals surface area contributed by atoms with Gasteiger partial charge in [0.2, 0.25) is 0 Å². The molecular weight excluding hydrogens is 156 g/mol. The number of rotatable bonds is 3. The van der Waals surface area contributed by atoms with Crippen molar-refractivity contribution in [3.63, 3.8) is 0 Å². The van der Waals surface area contributed by atoms with Crippen molar-refractivity contribution < 1.29 is 8.85 Å². The van der Waals surface area contributed by atoms with Crippen molar-refractivity contribution in [1.29, 1.82) is 0 Å². The molecule has 1 aliphatic carbocycles. The number of hydrogen-bond donors (Lipinski definition) is 0. The van der Waals surface area contributed by atoms with Crippen molar-refractivity contribution in [2.75, 3.05) is 14.2 Å². The highest BCUT2D eigenvalue weighted by molar-refractivity contribution is 6.70. The molecule has 0 aliphatic heterocycles. The first-order chi connectivity index (χ1) is 5.00. The van der Waals surface area contributed by atoms with E-state index >= 15 is 0 Å². The van der Waals surface area contributed by atoms with Crippen LogP contribution in [0, 0.1) is 5.92 Å². The minimum absolute atomic E-state index is 0.358. The van der Waals surface area contributed by atoms with Gasteiger partial charge in [-0.25, -0.2) is 0 Å². The van der Waals surface area contributed by atoms with Crippen LogP contribution in [0.5, 0.6) is 0 Å². The average Bonchev–Trinajstić information content (AvgIpc) is 2.60. The summed E-state index contributed by atoms with van der Waals surface area (Å²) in [6, 6.07) is 0. The molecule has 2 nitrogen and oxygen atoms in total. The molecule has 1 rings (SSSR count). The summed E-state index contributed by atoms with van der Waals surface area (Å²) in [7, 11) is 1.69. The zero-order valence-corrected chi connectivity index (χ0v) is 9.10. The third-order valence-electron chi connectivity index (χ3n) is 3.47. The van der Waals surface area contributed by atoms with Crippen molar-refractivity contribution in [2.24, 2.45) is 5.92 Å². The van der Waals surface area contributed by atoms with Gasteiger partial charge in [-0.2, -0.15) is 0 Å². The van der Waals surface area contributed by atoms with Crippen LogP contribution in [0.2, 0.25) is 11.6 Å². The van der Waals surface area contributed by atoms with E-state index < -0.39 is 8.56 Å². The van der Waals surface area contributed by atoms with Crippen LogP contribution >= 0.6 is 0 Å². The summed E-state index contributed by atoms with van der Waals surface area (Å²) in [4.78, 5) is 0. The quantitative estimate of drug-likeness (QED) is 0.610. The van der Waals surface area contributed by atoms with E-state index in [1.54, 1.807) is 14.2 Å². The van der Waals surface area contributed by atoms with Crippen LogP contribution in [0.15, 0.2) is 0 Å². The first kappa shape index (κ1) is 9.23. The largest absolute Gasteiger partial charge is 0.397 e. The molecule has 0 aromatic carbocycles. The third kappa shape index (κ3) is 1.15. The highest BCUT2D eigenvalue weighted by Gasteiger charge is 2.63. The van der Waals surface area contributed by atoms with Crippen LogP contribution in [0.3, 0.4) is 0 Å². The van der Waals surface area contributed by atoms with Gasteiger partial charge in [0.05, 0.1) is 0 Å².